The summed E-state index contributed by atoms with van der Waals surface area (Å²) >= 11 is 1.45. The lowest BCUT2D eigenvalue weighted by atomic mass is 10.4. The number of aromatic amines is 2. The van der Waals surface area contributed by atoms with Gasteiger partial charge in [0.05, 0.1) is 7.11 Å². The Kier molecular flexibility index (Phi) is 3.38. The van der Waals surface area contributed by atoms with E-state index in [0.29, 0.717) is 29.3 Å². The van der Waals surface area contributed by atoms with E-state index in [2.05, 4.69) is 15.0 Å². The summed E-state index contributed by atoms with van der Waals surface area (Å²) in [5.41, 5.74) is -0.230. The molecule has 110 valence electrons. The number of nitrogens with one attached hydrogen (secondary N) is 2. The molecule has 3 aromatic rings. The number of fused-ring (bicyclic) bond motifs is 1. The Morgan fingerprint density at radius 3 is 2.90 bits per heavy atom. The van der Waals surface area contributed by atoms with Gasteiger partial charge in [0.2, 0.25) is 0 Å². The fraction of sp³-hybridized carbons (Fsp3) is 0.308. The van der Waals surface area contributed by atoms with Crippen LogP contribution in [0.25, 0.3) is 21.9 Å². The fourth-order valence-corrected chi connectivity index (χ4v) is 3.01. The van der Waals surface area contributed by atoms with E-state index in [1.54, 1.807) is 7.11 Å². The van der Waals surface area contributed by atoms with Crippen molar-refractivity contribution in [1.29, 1.82) is 0 Å². The van der Waals surface area contributed by atoms with Crippen LogP contribution in [0.4, 0.5) is 0 Å². The molecule has 3 aromatic heterocycles. The SMILES string of the molecule is CCCn1c(=O)[nH]c(=O)c2[nH]c(-c3sccc3OC)nc21. The van der Waals surface area contributed by atoms with Gasteiger partial charge < -0.3 is 9.72 Å². The van der Waals surface area contributed by atoms with Crippen molar-refractivity contribution in [3.8, 4) is 16.5 Å². The van der Waals surface area contributed by atoms with E-state index in [1.807, 2.05) is 18.4 Å². The van der Waals surface area contributed by atoms with E-state index >= 15 is 0 Å². The molecule has 0 saturated heterocycles. The van der Waals surface area contributed by atoms with Gasteiger partial charge in [0, 0.05) is 6.54 Å². The summed E-state index contributed by atoms with van der Waals surface area (Å²) in [5.74, 6) is 1.21. The van der Waals surface area contributed by atoms with Gasteiger partial charge in [-0.3, -0.25) is 14.3 Å². The van der Waals surface area contributed by atoms with Crippen molar-refractivity contribution < 1.29 is 4.74 Å². The first-order chi connectivity index (χ1) is 10.2. The molecule has 0 amide bonds. The zero-order chi connectivity index (χ0) is 15.0. The average molecular weight is 306 g/mol. The smallest absolute Gasteiger partial charge is 0.330 e. The van der Waals surface area contributed by atoms with Crippen LogP contribution in [0.2, 0.25) is 0 Å². The predicted molar refractivity (Wildman–Crippen MR) is 81.1 cm³/mol. The van der Waals surface area contributed by atoms with E-state index in [0.717, 1.165) is 11.3 Å². The summed E-state index contributed by atoms with van der Waals surface area (Å²) in [7, 11) is 1.58. The monoisotopic (exact) mass is 306 g/mol. The summed E-state index contributed by atoms with van der Waals surface area (Å²) in [5, 5.41) is 1.88. The molecule has 2 N–H and O–H groups in total. The minimum atomic E-state index is -0.461. The van der Waals surface area contributed by atoms with Crippen molar-refractivity contribution in [2.24, 2.45) is 0 Å². The molecule has 0 aliphatic rings. The zero-order valence-electron chi connectivity index (χ0n) is 11.6. The Balaban J connectivity index is 2.29. The Morgan fingerprint density at radius 1 is 1.38 bits per heavy atom. The van der Waals surface area contributed by atoms with Crippen LogP contribution in [0.15, 0.2) is 21.0 Å². The summed E-state index contributed by atoms with van der Waals surface area (Å²) in [6.45, 7) is 2.46. The van der Waals surface area contributed by atoms with Crippen molar-refractivity contribution >= 4 is 22.5 Å². The van der Waals surface area contributed by atoms with Crippen molar-refractivity contribution in [1.82, 2.24) is 19.5 Å². The Hall–Kier alpha value is -2.35. The van der Waals surface area contributed by atoms with Gasteiger partial charge in [-0.25, -0.2) is 9.78 Å². The van der Waals surface area contributed by atoms with Crippen LogP contribution >= 0.6 is 11.3 Å². The normalized spacial score (nSPS) is 11.1. The van der Waals surface area contributed by atoms with Gasteiger partial charge >= 0.3 is 5.69 Å². The topological polar surface area (TPSA) is 92.8 Å². The molecule has 0 bridgehead atoms. The number of H-pyrrole nitrogens is 2. The molecule has 21 heavy (non-hydrogen) atoms. The molecular formula is C13H14N4O3S. The molecule has 0 unspecified atom stereocenters. The van der Waals surface area contributed by atoms with Crippen molar-refractivity contribution in [2.75, 3.05) is 7.11 Å². The van der Waals surface area contributed by atoms with Crippen LogP contribution < -0.4 is 16.0 Å². The number of nitrogens with zero attached hydrogens (tertiary/aromatic N) is 2. The highest BCUT2D eigenvalue weighted by Gasteiger charge is 2.16. The van der Waals surface area contributed by atoms with E-state index in [9.17, 15) is 9.59 Å². The summed E-state index contributed by atoms with van der Waals surface area (Å²) in [6, 6.07) is 1.83. The molecule has 0 saturated carbocycles. The standard InChI is InChI=1S/C13H14N4O3S/c1-3-5-17-11-8(12(18)16-13(17)19)14-10(15-11)9-7(20-2)4-6-21-9/h4,6H,3,5H2,1-2H3,(H,14,15)(H,16,18,19). The minimum Gasteiger partial charge on any atom is -0.495 e. The van der Waals surface area contributed by atoms with Crippen LogP contribution in [0.5, 0.6) is 5.75 Å². The molecule has 0 aliphatic carbocycles. The van der Waals surface area contributed by atoms with Gasteiger partial charge in [-0.05, 0) is 17.9 Å². The molecule has 7 nitrogen and oxygen atoms in total. The second-order valence-electron chi connectivity index (χ2n) is 4.51. The van der Waals surface area contributed by atoms with Gasteiger partial charge in [0.25, 0.3) is 5.56 Å². The first kappa shape index (κ1) is 13.6. The lowest BCUT2D eigenvalue weighted by Gasteiger charge is -2.02. The number of thiophene rings is 1. The molecule has 0 aromatic carbocycles. The number of aryl methyl sites for hydroxylation is 1. The number of imidazole rings is 1. The highest BCUT2D eigenvalue weighted by Crippen LogP contribution is 2.33. The minimum absolute atomic E-state index is 0.300. The predicted octanol–water partition coefficient (Wildman–Crippen LogP) is 1.56. The van der Waals surface area contributed by atoms with E-state index in [4.69, 9.17) is 4.74 Å². The van der Waals surface area contributed by atoms with Gasteiger partial charge in [-0.2, -0.15) is 0 Å². The lowest BCUT2D eigenvalue weighted by molar-refractivity contribution is 0.418. The Labute approximate surface area is 123 Å². The van der Waals surface area contributed by atoms with Crippen LogP contribution in [0.1, 0.15) is 13.3 Å². The fourth-order valence-electron chi connectivity index (χ4n) is 2.21. The molecule has 0 spiro atoms. The highest BCUT2D eigenvalue weighted by atomic mass is 32.1. The zero-order valence-corrected chi connectivity index (χ0v) is 12.4. The lowest BCUT2D eigenvalue weighted by Crippen LogP contribution is -2.30. The third-order valence-corrected chi connectivity index (χ3v) is 4.05. The Morgan fingerprint density at radius 2 is 2.19 bits per heavy atom. The summed E-state index contributed by atoms with van der Waals surface area (Å²) < 4.78 is 6.73. The van der Waals surface area contributed by atoms with Gasteiger partial charge in [0.1, 0.15) is 16.1 Å². The second-order valence-corrected chi connectivity index (χ2v) is 5.43. The number of aromatic nitrogens is 4. The maximum atomic E-state index is 11.9. The van der Waals surface area contributed by atoms with Gasteiger partial charge in [-0.15, -0.1) is 11.3 Å². The third kappa shape index (κ3) is 2.17. The average Bonchev–Trinajstić information content (AvgIpc) is 3.09. The maximum Gasteiger partial charge on any atom is 0.330 e. The van der Waals surface area contributed by atoms with Gasteiger partial charge in [-0.1, -0.05) is 6.92 Å². The highest BCUT2D eigenvalue weighted by molar-refractivity contribution is 7.13. The molecule has 0 fully saturated rings. The quantitative estimate of drug-likeness (QED) is 0.765. The van der Waals surface area contributed by atoms with E-state index < -0.39 is 11.2 Å². The number of methoxy groups -OCH3 is 1. The van der Waals surface area contributed by atoms with Gasteiger partial charge in [0.15, 0.2) is 11.5 Å². The van der Waals surface area contributed by atoms with E-state index in [-0.39, 0.29) is 0 Å². The maximum absolute atomic E-state index is 11.9. The molecule has 8 heteroatoms. The second kappa shape index (κ2) is 5.21. The number of ether oxygens (including phenoxy) is 1. The first-order valence-corrected chi connectivity index (χ1v) is 7.38. The first-order valence-electron chi connectivity index (χ1n) is 6.50. The van der Waals surface area contributed by atoms with Crippen molar-refractivity contribution in [3.63, 3.8) is 0 Å². The molecule has 3 heterocycles. The molecular weight excluding hydrogens is 292 g/mol. The van der Waals surface area contributed by atoms with Crippen LogP contribution in [0, 0.1) is 0 Å². The third-order valence-electron chi connectivity index (χ3n) is 3.14. The van der Waals surface area contributed by atoms with Crippen LogP contribution in [-0.4, -0.2) is 26.6 Å². The molecule has 3 rings (SSSR count). The number of hydrogen-bond acceptors (Lipinski definition) is 5. The largest absolute Gasteiger partial charge is 0.495 e. The van der Waals surface area contributed by atoms with Crippen molar-refractivity contribution in [2.45, 2.75) is 19.9 Å². The van der Waals surface area contributed by atoms with Crippen LogP contribution in [-0.2, 0) is 6.54 Å². The van der Waals surface area contributed by atoms with Crippen LogP contribution in [0.3, 0.4) is 0 Å². The molecule has 0 atom stereocenters. The summed E-state index contributed by atoms with van der Waals surface area (Å²) in [6.07, 6.45) is 0.769. The number of rotatable bonds is 4. The molecule has 0 aliphatic heterocycles. The van der Waals surface area contributed by atoms with Crippen molar-refractivity contribution in [3.05, 3.63) is 32.3 Å². The van der Waals surface area contributed by atoms with E-state index in [1.165, 1.54) is 15.9 Å². The Bertz CT molecular complexity index is 902. The number of hydrogen-bond donors (Lipinski definition) is 2. The molecule has 0 radical (unpaired) electrons. The summed E-state index contributed by atoms with van der Waals surface area (Å²) in [4.78, 5) is 34.3.